The van der Waals surface area contributed by atoms with Crippen LogP contribution in [0, 0.1) is 5.82 Å². The lowest BCUT2D eigenvalue weighted by molar-refractivity contribution is 0.598. The zero-order chi connectivity index (χ0) is 9.71. The lowest BCUT2D eigenvalue weighted by Gasteiger charge is -2.12. The summed E-state index contributed by atoms with van der Waals surface area (Å²) >= 11 is 0. The molecule has 0 aliphatic heterocycles. The van der Waals surface area contributed by atoms with Crippen molar-refractivity contribution in [2.24, 2.45) is 0 Å². The largest absolute Gasteiger partial charge is 0.398 e. The molecule has 0 saturated heterocycles. The topological polar surface area (TPSA) is 26.0 Å². The second-order valence-corrected chi connectivity index (χ2v) is 4.35. The van der Waals surface area contributed by atoms with Crippen LogP contribution in [0.3, 0.4) is 0 Å². The zero-order valence-electron chi connectivity index (χ0n) is 8.20. The molecule has 0 radical (unpaired) electrons. The van der Waals surface area contributed by atoms with E-state index in [-0.39, 0.29) is 5.82 Å². The minimum Gasteiger partial charge on any atom is -0.398 e. The van der Waals surface area contributed by atoms with E-state index in [0.717, 1.165) is 66.5 Å². The summed E-state index contributed by atoms with van der Waals surface area (Å²) in [4.78, 5) is 0. The van der Waals surface area contributed by atoms with E-state index in [2.05, 4.69) is 0 Å². The fourth-order valence-corrected chi connectivity index (χ4v) is 2.93. The fraction of sp³-hybridized carbons (Fsp3) is 0.500. The molecule has 0 aromatic heterocycles. The highest BCUT2D eigenvalue weighted by Crippen LogP contribution is 2.39. The van der Waals surface area contributed by atoms with Gasteiger partial charge in [0.2, 0.25) is 0 Å². The molecule has 0 fully saturated rings. The summed E-state index contributed by atoms with van der Waals surface area (Å²) < 4.78 is 14.0. The van der Waals surface area contributed by atoms with E-state index >= 15 is 0 Å². The lowest BCUT2D eigenvalue weighted by atomic mass is 9.98. The Hall–Kier alpha value is -1.05. The summed E-state index contributed by atoms with van der Waals surface area (Å²) in [5, 5.41) is 0. The minimum atomic E-state index is 0.0687. The van der Waals surface area contributed by atoms with Crippen LogP contribution in [0.25, 0.3) is 0 Å². The van der Waals surface area contributed by atoms with Crippen LogP contribution in [0.15, 0.2) is 0 Å². The highest BCUT2D eigenvalue weighted by molar-refractivity contribution is 5.63. The maximum absolute atomic E-state index is 14.0. The molecule has 0 amide bonds. The van der Waals surface area contributed by atoms with Gasteiger partial charge < -0.3 is 5.73 Å². The van der Waals surface area contributed by atoms with E-state index in [0.29, 0.717) is 0 Å². The van der Waals surface area contributed by atoms with Crippen molar-refractivity contribution >= 4 is 5.69 Å². The molecule has 74 valence electrons. The van der Waals surface area contributed by atoms with Crippen LogP contribution >= 0.6 is 0 Å². The van der Waals surface area contributed by atoms with E-state index in [4.69, 9.17) is 5.73 Å². The molecule has 0 atom stereocenters. The molecule has 0 unspecified atom stereocenters. The lowest BCUT2D eigenvalue weighted by Crippen LogP contribution is -2.04. The monoisotopic (exact) mass is 191 g/mol. The summed E-state index contributed by atoms with van der Waals surface area (Å²) in [6.45, 7) is 0. The van der Waals surface area contributed by atoms with Crippen molar-refractivity contribution in [3.8, 4) is 0 Å². The van der Waals surface area contributed by atoms with E-state index < -0.39 is 0 Å². The Morgan fingerprint density at radius 2 is 1.21 bits per heavy atom. The minimum absolute atomic E-state index is 0.0687. The smallest absolute Gasteiger partial charge is 0.130 e. The Labute approximate surface area is 83.1 Å². The van der Waals surface area contributed by atoms with Crippen LogP contribution in [-0.2, 0) is 25.7 Å². The number of nitrogen functional groups attached to an aromatic ring is 1. The molecule has 0 heterocycles. The molecule has 14 heavy (non-hydrogen) atoms. The van der Waals surface area contributed by atoms with Gasteiger partial charge in [0.25, 0.3) is 0 Å². The van der Waals surface area contributed by atoms with Gasteiger partial charge in [-0.3, -0.25) is 0 Å². The average Bonchev–Trinajstić information content (AvgIpc) is 2.82. The standard InChI is InChI=1S/C12H14FN/c13-11-7-3-1-5-9(7)12(14)10-6-2-4-8(10)11/h1-6,14H2. The number of fused-ring (bicyclic) bond motifs is 2. The molecule has 3 rings (SSSR count). The van der Waals surface area contributed by atoms with Gasteiger partial charge in [0, 0.05) is 5.69 Å². The van der Waals surface area contributed by atoms with Gasteiger partial charge in [0.1, 0.15) is 5.82 Å². The molecule has 0 saturated carbocycles. The Morgan fingerprint density at radius 3 is 1.71 bits per heavy atom. The molecule has 0 bridgehead atoms. The third kappa shape index (κ3) is 0.887. The Morgan fingerprint density at radius 1 is 0.786 bits per heavy atom. The normalized spacial score (nSPS) is 18.4. The van der Waals surface area contributed by atoms with E-state index in [1.165, 1.54) is 0 Å². The molecule has 2 aliphatic carbocycles. The zero-order valence-corrected chi connectivity index (χ0v) is 8.20. The first-order chi connectivity index (χ1) is 6.79. The number of benzene rings is 1. The van der Waals surface area contributed by atoms with Crippen molar-refractivity contribution in [2.45, 2.75) is 38.5 Å². The fourth-order valence-electron chi connectivity index (χ4n) is 2.93. The Kier molecular flexibility index (Phi) is 1.61. The highest BCUT2D eigenvalue weighted by Gasteiger charge is 2.27. The molecule has 1 aromatic carbocycles. The molecule has 2 N–H and O–H groups in total. The van der Waals surface area contributed by atoms with Crippen molar-refractivity contribution in [3.05, 3.63) is 28.1 Å². The predicted molar refractivity (Wildman–Crippen MR) is 54.9 cm³/mol. The number of anilines is 1. The van der Waals surface area contributed by atoms with Gasteiger partial charge in [-0.2, -0.15) is 0 Å². The van der Waals surface area contributed by atoms with Gasteiger partial charge in [0.15, 0.2) is 0 Å². The summed E-state index contributed by atoms with van der Waals surface area (Å²) in [6.07, 6.45) is 5.87. The van der Waals surface area contributed by atoms with Gasteiger partial charge in [-0.1, -0.05) is 0 Å². The summed E-state index contributed by atoms with van der Waals surface area (Å²) in [6, 6.07) is 0. The first-order valence-corrected chi connectivity index (χ1v) is 5.39. The molecule has 1 nitrogen and oxygen atoms in total. The van der Waals surface area contributed by atoms with Gasteiger partial charge in [-0.15, -0.1) is 0 Å². The molecule has 2 aliphatic rings. The molecular formula is C12H14FN. The van der Waals surface area contributed by atoms with Gasteiger partial charge in [-0.05, 0) is 60.8 Å². The molecule has 2 heteroatoms. The molecular weight excluding hydrogens is 177 g/mol. The van der Waals surface area contributed by atoms with Crippen LogP contribution in [0.4, 0.5) is 10.1 Å². The van der Waals surface area contributed by atoms with E-state index in [9.17, 15) is 4.39 Å². The van der Waals surface area contributed by atoms with Crippen molar-refractivity contribution in [2.75, 3.05) is 5.73 Å². The second-order valence-electron chi connectivity index (χ2n) is 4.35. The van der Waals surface area contributed by atoms with Crippen molar-refractivity contribution in [1.82, 2.24) is 0 Å². The summed E-state index contributed by atoms with van der Waals surface area (Å²) in [5.74, 6) is 0.0687. The molecule has 1 aromatic rings. The summed E-state index contributed by atoms with van der Waals surface area (Å²) in [7, 11) is 0. The van der Waals surface area contributed by atoms with E-state index in [1.807, 2.05) is 0 Å². The number of halogens is 1. The van der Waals surface area contributed by atoms with Crippen LogP contribution in [0.5, 0.6) is 0 Å². The number of nitrogens with two attached hydrogens (primary N) is 1. The number of hydrogen-bond acceptors (Lipinski definition) is 1. The molecule has 0 spiro atoms. The van der Waals surface area contributed by atoms with Crippen LogP contribution in [-0.4, -0.2) is 0 Å². The quantitative estimate of drug-likeness (QED) is 0.626. The second kappa shape index (κ2) is 2.72. The van der Waals surface area contributed by atoms with Crippen molar-refractivity contribution in [1.29, 1.82) is 0 Å². The van der Waals surface area contributed by atoms with Crippen molar-refractivity contribution in [3.63, 3.8) is 0 Å². The van der Waals surface area contributed by atoms with Crippen LogP contribution in [0.1, 0.15) is 35.1 Å². The number of hydrogen-bond donors (Lipinski definition) is 1. The first kappa shape index (κ1) is 8.27. The first-order valence-electron chi connectivity index (χ1n) is 5.39. The maximum Gasteiger partial charge on any atom is 0.130 e. The van der Waals surface area contributed by atoms with Gasteiger partial charge in [0.05, 0.1) is 0 Å². The number of rotatable bonds is 0. The van der Waals surface area contributed by atoms with Gasteiger partial charge in [-0.25, -0.2) is 4.39 Å². The SMILES string of the molecule is Nc1c2c(c(F)c3c1CCC3)CCC2. The third-order valence-electron chi connectivity index (χ3n) is 3.62. The Balaban J connectivity index is 2.33. The van der Waals surface area contributed by atoms with Crippen LogP contribution in [0.2, 0.25) is 0 Å². The third-order valence-corrected chi connectivity index (χ3v) is 3.62. The summed E-state index contributed by atoms with van der Waals surface area (Å²) in [5.41, 5.74) is 11.1. The Bertz CT molecular complexity index is 337. The van der Waals surface area contributed by atoms with Gasteiger partial charge >= 0.3 is 0 Å². The average molecular weight is 191 g/mol. The van der Waals surface area contributed by atoms with E-state index in [1.54, 1.807) is 0 Å². The van der Waals surface area contributed by atoms with Crippen LogP contribution < -0.4 is 5.73 Å². The highest BCUT2D eigenvalue weighted by atomic mass is 19.1. The van der Waals surface area contributed by atoms with Crippen molar-refractivity contribution < 1.29 is 4.39 Å². The predicted octanol–water partition coefficient (Wildman–Crippen LogP) is 2.39. The maximum atomic E-state index is 14.0.